The maximum Gasteiger partial charge on any atom is 0.340 e. The Morgan fingerprint density at radius 2 is 1.71 bits per heavy atom. The molecule has 1 saturated heterocycles. The molecule has 2 aromatic rings. The molecule has 1 fully saturated rings. The lowest BCUT2D eigenvalue weighted by Crippen LogP contribution is -2.50. The highest BCUT2D eigenvalue weighted by atomic mass is 32.2. The molecule has 28 heavy (non-hydrogen) atoms. The van der Waals surface area contributed by atoms with Gasteiger partial charge in [-0.05, 0) is 20.8 Å². The van der Waals surface area contributed by atoms with E-state index in [1.165, 1.54) is 18.2 Å². The zero-order chi connectivity index (χ0) is 20.8. The van der Waals surface area contributed by atoms with Gasteiger partial charge in [0.2, 0.25) is 10.0 Å². The molecular formula is C17H22N4O6S. The second-order valence-electron chi connectivity index (χ2n) is 6.72. The fourth-order valence-electron chi connectivity index (χ4n) is 3.46. The largest absolute Gasteiger partial charge is 0.478 e. The number of carbonyl (C=O) groups excluding carboxylic acids is 1. The lowest BCUT2D eigenvalue weighted by molar-refractivity contribution is 0.0689. The molecule has 0 unspecified atom stereocenters. The second kappa shape index (κ2) is 7.06. The first-order valence-corrected chi connectivity index (χ1v) is 10.1. The summed E-state index contributed by atoms with van der Waals surface area (Å²) in [7, 11) is -2.34. The minimum Gasteiger partial charge on any atom is -0.478 e. The van der Waals surface area contributed by atoms with Gasteiger partial charge in [-0.25, -0.2) is 13.2 Å². The van der Waals surface area contributed by atoms with Crippen molar-refractivity contribution in [2.75, 3.05) is 26.2 Å². The van der Waals surface area contributed by atoms with Gasteiger partial charge in [0.05, 0.1) is 11.3 Å². The average molecular weight is 410 g/mol. The number of aryl methyl sites for hydroxylation is 4. The molecule has 3 rings (SSSR count). The van der Waals surface area contributed by atoms with Gasteiger partial charge in [0.15, 0.2) is 0 Å². The summed E-state index contributed by atoms with van der Waals surface area (Å²) in [4.78, 5) is 25.4. The molecule has 0 atom stereocenters. The van der Waals surface area contributed by atoms with Gasteiger partial charge in [0.1, 0.15) is 22.0 Å². The average Bonchev–Trinajstić information content (AvgIpc) is 3.12. The van der Waals surface area contributed by atoms with Gasteiger partial charge < -0.3 is 14.4 Å². The zero-order valence-corrected chi connectivity index (χ0v) is 16.9. The number of aromatic carboxylic acids is 1. The van der Waals surface area contributed by atoms with Crippen LogP contribution < -0.4 is 0 Å². The number of hydrogen-bond donors (Lipinski definition) is 1. The maximum absolute atomic E-state index is 13.0. The lowest BCUT2D eigenvalue weighted by atomic mass is 10.2. The number of rotatable bonds is 4. The van der Waals surface area contributed by atoms with Crippen LogP contribution in [-0.2, 0) is 17.1 Å². The molecule has 0 radical (unpaired) electrons. The molecule has 0 saturated carbocycles. The van der Waals surface area contributed by atoms with Crippen molar-refractivity contribution in [2.24, 2.45) is 7.05 Å². The number of amides is 1. The summed E-state index contributed by atoms with van der Waals surface area (Å²) in [6.45, 7) is 5.12. The van der Waals surface area contributed by atoms with E-state index in [-0.39, 0.29) is 54.1 Å². The van der Waals surface area contributed by atoms with Crippen molar-refractivity contribution in [3.8, 4) is 0 Å². The van der Waals surface area contributed by atoms with Crippen molar-refractivity contribution in [2.45, 2.75) is 25.7 Å². The Morgan fingerprint density at radius 1 is 1.11 bits per heavy atom. The number of piperazine rings is 1. The maximum atomic E-state index is 13.0. The van der Waals surface area contributed by atoms with E-state index in [4.69, 9.17) is 4.42 Å². The van der Waals surface area contributed by atoms with Crippen LogP contribution in [0.1, 0.15) is 37.9 Å². The number of carbonyl (C=O) groups is 2. The van der Waals surface area contributed by atoms with E-state index in [1.54, 1.807) is 29.7 Å². The molecule has 1 N–H and O–H groups in total. The van der Waals surface area contributed by atoms with Crippen LogP contribution >= 0.6 is 0 Å². The molecule has 11 heteroatoms. The zero-order valence-electron chi connectivity index (χ0n) is 16.1. The predicted molar refractivity (Wildman–Crippen MR) is 97.7 cm³/mol. The summed E-state index contributed by atoms with van der Waals surface area (Å²) in [5, 5.41) is 13.5. The van der Waals surface area contributed by atoms with Crippen molar-refractivity contribution in [1.82, 2.24) is 19.0 Å². The molecule has 2 aromatic heterocycles. The fraction of sp³-hybridized carbons (Fsp3) is 0.471. The molecule has 0 spiro atoms. The van der Waals surface area contributed by atoms with E-state index >= 15 is 0 Å². The SMILES string of the molecule is Cc1nn(C)cc1C(=O)N1CCN(S(=O)(=O)c2c(C)oc(C)c2C(=O)O)CC1. The Morgan fingerprint density at radius 3 is 2.21 bits per heavy atom. The van der Waals surface area contributed by atoms with Gasteiger partial charge in [0, 0.05) is 39.4 Å². The first-order valence-electron chi connectivity index (χ1n) is 8.67. The molecule has 0 aromatic carbocycles. The van der Waals surface area contributed by atoms with Crippen LogP contribution in [0.4, 0.5) is 0 Å². The highest BCUT2D eigenvalue weighted by Gasteiger charge is 2.37. The minimum absolute atomic E-state index is 0.0411. The Hall–Kier alpha value is -2.66. The summed E-state index contributed by atoms with van der Waals surface area (Å²) in [5.41, 5.74) is 0.744. The first kappa shape index (κ1) is 20.1. The Kier molecular flexibility index (Phi) is 5.06. The summed E-state index contributed by atoms with van der Waals surface area (Å²) >= 11 is 0. The van der Waals surface area contributed by atoms with Crippen molar-refractivity contribution in [3.63, 3.8) is 0 Å². The topological polar surface area (TPSA) is 126 Å². The highest BCUT2D eigenvalue weighted by molar-refractivity contribution is 7.89. The molecule has 1 amide bonds. The smallest absolute Gasteiger partial charge is 0.340 e. The Bertz CT molecular complexity index is 1040. The van der Waals surface area contributed by atoms with Crippen molar-refractivity contribution in [1.29, 1.82) is 0 Å². The van der Waals surface area contributed by atoms with Gasteiger partial charge >= 0.3 is 5.97 Å². The third-order valence-electron chi connectivity index (χ3n) is 4.79. The Labute approximate surface area is 162 Å². The number of sulfonamides is 1. The van der Waals surface area contributed by atoms with Crippen LogP contribution in [0.3, 0.4) is 0 Å². The van der Waals surface area contributed by atoms with E-state index in [1.807, 2.05) is 0 Å². The molecule has 1 aliphatic rings. The summed E-state index contributed by atoms with van der Waals surface area (Å²) in [5.74, 6) is -1.47. The Balaban J connectivity index is 1.81. The predicted octanol–water partition coefficient (Wildman–Crippen LogP) is 0.783. The molecule has 0 aliphatic carbocycles. The van der Waals surface area contributed by atoms with E-state index in [0.717, 1.165) is 0 Å². The van der Waals surface area contributed by atoms with Crippen molar-refractivity contribution >= 4 is 21.9 Å². The second-order valence-corrected chi connectivity index (χ2v) is 8.60. The first-order chi connectivity index (χ1) is 13.0. The third kappa shape index (κ3) is 3.31. The molecule has 3 heterocycles. The van der Waals surface area contributed by atoms with E-state index in [2.05, 4.69) is 5.10 Å². The normalized spacial score (nSPS) is 15.8. The lowest BCUT2D eigenvalue weighted by Gasteiger charge is -2.33. The van der Waals surface area contributed by atoms with Gasteiger partial charge in [0.25, 0.3) is 5.91 Å². The van der Waals surface area contributed by atoms with Crippen LogP contribution in [0.2, 0.25) is 0 Å². The highest BCUT2D eigenvalue weighted by Crippen LogP contribution is 2.30. The van der Waals surface area contributed by atoms with E-state index in [0.29, 0.717) is 11.3 Å². The molecular weight excluding hydrogens is 388 g/mol. The van der Waals surface area contributed by atoms with Crippen LogP contribution in [0.25, 0.3) is 0 Å². The van der Waals surface area contributed by atoms with Crippen LogP contribution in [0.5, 0.6) is 0 Å². The van der Waals surface area contributed by atoms with E-state index in [9.17, 15) is 23.1 Å². The van der Waals surface area contributed by atoms with Gasteiger partial charge in [-0.1, -0.05) is 0 Å². The van der Waals surface area contributed by atoms with Gasteiger partial charge in [-0.2, -0.15) is 9.40 Å². The number of nitrogens with zero attached hydrogens (tertiary/aromatic N) is 4. The molecule has 0 bridgehead atoms. The third-order valence-corrected chi connectivity index (χ3v) is 6.84. The van der Waals surface area contributed by atoms with Gasteiger partial charge in [-0.15, -0.1) is 0 Å². The molecule has 10 nitrogen and oxygen atoms in total. The van der Waals surface area contributed by atoms with Crippen LogP contribution in [0, 0.1) is 20.8 Å². The quantitative estimate of drug-likeness (QED) is 0.789. The van der Waals surface area contributed by atoms with Crippen LogP contribution in [-0.4, -0.2) is 70.6 Å². The van der Waals surface area contributed by atoms with Crippen LogP contribution in [0.15, 0.2) is 15.5 Å². The number of carboxylic acid groups (broad SMARTS) is 1. The number of furan rings is 1. The van der Waals surface area contributed by atoms with Crippen molar-refractivity contribution < 1.29 is 27.5 Å². The van der Waals surface area contributed by atoms with E-state index < -0.39 is 16.0 Å². The number of hydrogen-bond acceptors (Lipinski definition) is 6. The number of aromatic nitrogens is 2. The summed E-state index contributed by atoms with van der Waals surface area (Å²) in [6, 6.07) is 0. The van der Waals surface area contributed by atoms with Crippen molar-refractivity contribution in [3.05, 3.63) is 34.5 Å². The standard InChI is InChI=1S/C17H22N4O6S/c1-10-13(9-19(4)18-10)16(22)20-5-7-21(8-6-20)28(25,26)15-12(3)27-11(2)14(15)17(23)24/h9H,5-8H2,1-4H3,(H,23,24). The summed E-state index contributed by atoms with van der Waals surface area (Å²) < 4.78 is 34.1. The molecule has 1 aliphatic heterocycles. The monoisotopic (exact) mass is 410 g/mol. The van der Waals surface area contributed by atoms with Gasteiger partial charge in [-0.3, -0.25) is 9.48 Å². The molecule has 152 valence electrons. The minimum atomic E-state index is -4.06. The summed E-state index contributed by atoms with van der Waals surface area (Å²) in [6.07, 6.45) is 1.64. The number of carboxylic acids is 1. The fourth-order valence-corrected chi connectivity index (χ4v) is 5.26.